The summed E-state index contributed by atoms with van der Waals surface area (Å²) in [4.78, 5) is 7.69. The van der Waals surface area contributed by atoms with E-state index < -0.39 is 41.8 Å². The van der Waals surface area contributed by atoms with Gasteiger partial charge in [0.25, 0.3) is 0 Å². The summed E-state index contributed by atoms with van der Waals surface area (Å²) in [5.74, 6) is -1.60. The number of nitrogens with zero attached hydrogens (tertiary/aromatic N) is 3. The molecule has 0 saturated carbocycles. The van der Waals surface area contributed by atoms with Crippen molar-refractivity contribution in [2.75, 3.05) is 5.73 Å². The Morgan fingerprint density at radius 2 is 1.93 bits per heavy atom. The number of halogens is 3. The first-order valence-corrected chi connectivity index (χ1v) is 8.96. The van der Waals surface area contributed by atoms with Crippen LogP contribution in [-0.2, 0) is 10.3 Å². The molecule has 0 unspecified atom stereocenters. The van der Waals surface area contributed by atoms with Crippen LogP contribution in [0.3, 0.4) is 0 Å². The average Bonchev–Trinajstić information content (AvgIpc) is 3.16. The molecule has 3 heterocycles. The van der Waals surface area contributed by atoms with Crippen LogP contribution in [0.1, 0.15) is 18.7 Å². The van der Waals surface area contributed by atoms with Crippen LogP contribution in [0.4, 0.5) is 14.6 Å². The molecule has 29 heavy (non-hydrogen) atoms. The van der Waals surface area contributed by atoms with E-state index in [0.29, 0.717) is 0 Å². The molecule has 5 N–H and O–H groups in total. The molecular formula is C18H17ClF2N4O4. The number of aliphatic hydroxyl groups is 3. The van der Waals surface area contributed by atoms with Crippen molar-refractivity contribution < 1.29 is 28.8 Å². The largest absolute Gasteiger partial charge is 0.387 e. The Bertz CT molecular complexity index is 1090. The lowest BCUT2D eigenvalue weighted by molar-refractivity contribution is -0.136. The van der Waals surface area contributed by atoms with Gasteiger partial charge in [0.15, 0.2) is 17.7 Å². The molecule has 2 aromatic heterocycles. The van der Waals surface area contributed by atoms with Crippen LogP contribution in [0.5, 0.6) is 0 Å². The van der Waals surface area contributed by atoms with Gasteiger partial charge in [0.1, 0.15) is 41.9 Å². The van der Waals surface area contributed by atoms with Crippen molar-refractivity contribution >= 4 is 28.5 Å². The summed E-state index contributed by atoms with van der Waals surface area (Å²) in [5.41, 5.74) is 3.90. The van der Waals surface area contributed by atoms with Crippen molar-refractivity contribution in [2.45, 2.75) is 37.1 Å². The number of rotatable bonds is 3. The molecule has 11 heteroatoms. The van der Waals surface area contributed by atoms with Gasteiger partial charge in [0.05, 0.1) is 10.4 Å². The second-order valence-corrected chi connectivity index (χ2v) is 7.45. The van der Waals surface area contributed by atoms with Crippen molar-refractivity contribution in [1.29, 1.82) is 0 Å². The van der Waals surface area contributed by atoms with Crippen molar-refractivity contribution in [3.05, 3.63) is 52.9 Å². The predicted octanol–water partition coefficient (Wildman–Crippen LogP) is 1.47. The quantitative estimate of drug-likeness (QED) is 0.499. The third kappa shape index (κ3) is 3.04. The van der Waals surface area contributed by atoms with Gasteiger partial charge in [0.2, 0.25) is 0 Å². The number of anilines is 1. The van der Waals surface area contributed by atoms with Crippen molar-refractivity contribution in [3.63, 3.8) is 0 Å². The Kier molecular flexibility index (Phi) is 4.71. The fourth-order valence-electron chi connectivity index (χ4n) is 3.59. The average molecular weight is 427 g/mol. The highest BCUT2D eigenvalue weighted by Crippen LogP contribution is 2.41. The van der Waals surface area contributed by atoms with E-state index in [1.54, 1.807) is 0 Å². The van der Waals surface area contributed by atoms with Gasteiger partial charge < -0.3 is 30.4 Å². The molecule has 1 saturated heterocycles. The van der Waals surface area contributed by atoms with E-state index in [1.165, 1.54) is 19.1 Å². The molecule has 0 amide bonds. The number of hydrogen-bond acceptors (Lipinski definition) is 7. The zero-order valence-corrected chi connectivity index (χ0v) is 15.8. The standard InChI is InChI=1S/C18H17ClF2N4O4/c1-18(28,7-2-3-8(19)9(20)4-7)14-12(26)13(27)17(29-14)25-5-10(21)11-15(22)23-6-24-16(11)25/h2-6,12-14,17,26-28H,1H3,(H2,22,23,24)/t12-,13+,14-,17+,18+/m0/s1. The number of aliphatic hydroxyl groups excluding tert-OH is 2. The maximum atomic E-state index is 14.3. The van der Waals surface area contributed by atoms with Crippen LogP contribution in [0.25, 0.3) is 11.0 Å². The number of fused-ring (bicyclic) bond motifs is 1. The summed E-state index contributed by atoms with van der Waals surface area (Å²) >= 11 is 5.68. The molecule has 154 valence electrons. The molecule has 1 fully saturated rings. The Labute approximate surface area is 168 Å². The number of aromatic nitrogens is 3. The normalized spacial score (nSPS) is 26.7. The number of ether oxygens (including phenoxy) is 1. The zero-order valence-electron chi connectivity index (χ0n) is 15.0. The molecule has 1 aliphatic heterocycles. The summed E-state index contributed by atoms with van der Waals surface area (Å²) in [5, 5.41) is 31.8. The van der Waals surface area contributed by atoms with Gasteiger partial charge in [-0.3, -0.25) is 0 Å². The minimum absolute atomic E-state index is 0.0454. The van der Waals surface area contributed by atoms with Gasteiger partial charge in [0, 0.05) is 6.20 Å². The molecule has 0 aliphatic carbocycles. The summed E-state index contributed by atoms with van der Waals surface area (Å²) in [6, 6.07) is 3.64. The molecule has 3 aromatic rings. The minimum Gasteiger partial charge on any atom is -0.387 e. The first-order valence-electron chi connectivity index (χ1n) is 8.59. The molecular weight excluding hydrogens is 410 g/mol. The van der Waals surface area contributed by atoms with E-state index in [2.05, 4.69) is 9.97 Å². The van der Waals surface area contributed by atoms with Gasteiger partial charge in [-0.15, -0.1) is 0 Å². The van der Waals surface area contributed by atoms with Gasteiger partial charge in [-0.25, -0.2) is 18.7 Å². The van der Waals surface area contributed by atoms with Gasteiger partial charge in [-0.05, 0) is 24.6 Å². The zero-order chi connectivity index (χ0) is 21.1. The molecule has 1 aromatic carbocycles. The van der Waals surface area contributed by atoms with Crippen LogP contribution >= 0.6 is 11.6 Å². The van der Waals surface area contributed by atoms with Crippen molar-refractivity contribution in [1.82, 2.24) is 14.5 Å². The van der Waals surface area contributed by atoms with Crippen molar-refractivity contribution in [2.24, 2.45) is 0 Å². The summed E-state index contributed by atoms with van der Waals surface area (Å²) in [6.45, 7) is 1.30. The maximum Gasteiger partial charge on any atom is 0.164 e. The van der Waals surface area contributed by atoms with E-state index in [4.69, 9.17) is 22.1 Å². The van der Waals surface area contributed by atoms with Crippen LogP contribution in [0, 0.1) is 11.6 Å². The SMILES string of the molecule is C[C@@](O)(c1ccc(Cl)c(F)c1)[C@H]1O[C@@H](n2cc(F)c3c(N)ncnc32)[C@H](O)[C@@H]1O. The van der Waals surface area contributed by atoms with E-state index in [1.807, 2.05) is 0 Å². The van der Waals surface area contributed by atoms with E-state index in [0.717, 1.165) is 23.2 Å². The predicted molar refractivity (Wildman–Crippen MR) is 98.8 cm³/mol. The lowest BCUT2D eigenvalue weighted by Crippen LogP contribution is -2.45. The number of hydrogen-bond donors (Lipinski definition) is 4. The van der Waals surface area contributed by atoms with Gasteiger partial charge in [-0.2, -0.15) is 0 Å². The summed E-state index contributed by atoms with van der Waals surface area (Å²) in [6.07, 6.45) is -3.66. The van der Waals surface area contributed by atoms with Crippen molar-refractivity contribution in [3.8, 4) is 0 Å². The van der Waals surface area contributed by atoms with Crippen LogP contribution in [0.15, 0.2) is 30.7 Å². The van der Waals surface area contributed by atoms with Crippen LogP contribution in [-0.4, -0.2) is 48.2 Å². The first kappa shape index (κ1) is 19.9. The highest BCUT2D eigenvalue weighted by Gasteiger charge is 2.52. The fraction of sp³-hybridized carbons (Fsp3) is 0.333. The van der Waals surface area contributed by atoms with E-state index in [9.17, 15) is 24.1 Å². The third-order valence-electron chi connectivity index (χ3n) is 5.16. The Hall–Kier alpha value is -2.37. The third-order valence-corrected chi connectivity index (χ3v) is 5.47. The summed E-state index contributed by atoms with van der Waals surface area (Å²) < 4.78 is 35.1. The highest BCUT2D eigenvalue weighted by atomic mass is 35.5. The van der Waals surface area contributed by atoms with Crippen LogP contribution < -0.4 is 5.73 Å². The van der Waals surface area contributed by atoms with Crippen LogP contribution in [0.2, 0.25) is 5.02 Å². The van der Waals surface area contributed by atoms with E-state index >= 15 is 0 Å². The minimum atomic E-state index is -1.91. The lowest BCUT2D eigenvalue weighted by atomic mass is 9.86. The number of nitrogens with two attached hydrogens (primary N) is 1. The molecule has 0 spiro atoms. The Balaban J connectivity index is 1.73. The van der Waals surface area contributed by atoms with Gasteiger partial charge >= 0.3 is 0 Å². The Morgan fingerprint density at radius 3 is 2.62 bits per heavy atom. The highest BCUT2D eigenvalue weighted by molar-refractivity contribution is 6.30. The molecule has 1 aliphatic rings. The van der Waals surface area contributed by atoms with E-state index in [-0.39, 0.29) is 27.4 Å². The molecule has 5 atom stereocenters. The smallest absolute Gasteiger partial charge is 0.164 e. The maximum absolute atomic E-state index is 14.3. The second-order valence-electron chi connectivity index (χ2n) is 7.05. The molecule has 4 rings (SSSR count). The second kappa shape index (κ2) is 6.85. The molecule has 0 bridgehead atoms. The van der Waals surface area contributed by atoms with Gasteiger partial charge in [-0.1, -0.05) is 17.7 Å². The number of nitrogen functional groups attached to an aromatic ring is 1. The fourth-order valence-corrected chi connectivity index (χ4v) is 3.70. The molecule has 0 radical (unpaired) electrons. The number of benzene rings is 1. The topological polar surface area (TPSA) is 127 Å². The first-order chi connectivity index (χ1) is 13.6. The lowest BCUT2D eigenvalue weighted by Gasteiger charge is -2.32. The Morgan fingerprint density at radius 1 is 1.21 bits per heavy atom. The monoisotopic (exact) mass is 426 g/mol. The summed E-state index contributed by atoms with van der Waals surface area (Å²) in [7, 11) is 0. The molecule has 8 nitrogen and oxygen atoms in total.